The Bertz CT molecular complexity index is 1660. The van der Waals surface area contributed by atoms with Crippen molar-refractivity contribution in [3.05, 3.63) is 83.9 Å². The molecule has 1 saturated carbocycles. The second-order valence-electron chi connectivity index (χ2n) is 11.2. The van der Waals surface area contributed by atoms with Gasteiger partial charge in [-0.05, 0) is 79.6 Å². The number of para-hydroxylation sites is 1. The van der Waals surface area contributed by atoms with Gasteiger partial charge < -0.3 is 9.88 Å². The standard InChI is InChI=1S/C32H35N3O2S/c1-2-35-30-14-7-6-11-25(30)28-19-21(15-18-31(28)35)32-26-13-8-12-24(26)27-20-23(16-17-29(27)33-32)38(36,37)34-22-9-4-3-5-10-22/h6-8,11-12,14-20,22,24,26,32-34H,2-5,9-10,13H2,1H3. The quantitative estimate of drug-likeness (QED) is 0.270. The van der Waals surface area contributed by atoms with E-state index in [0.717, 1.165) is 49.9 Å². The molecule has 3 aromatic carbocycles. The van der Waals surface area contributed by atoms with Crippen molar-refractivity contribution in [3.63, 3.8) is 0 Å². The third-order valence-electron chi connectivity index (χ3n) is 9.04. The molecule has 0 bridgehead atoms. The summed E-state index contributed by atoms with van der Waals surface area (Å²) >= 11 is 0. The van der Waals surface area contributed by atoms with Crippen molar-refractivity contribution in [1.29, 1.82) is 0 Å². The topological polar surface area (TPSA) is 63.1 Å². The Hall–Kier alpha value is -3.09. The van der Waals surface area contributed by atoms with Crippen LogP contribution in [0, 0.1) is 5.92 Å². The molecule has 0 radical (unpaired) electrons. The first-order valence-electron chi connectivity index (χ1n) is 14.1. The van der Waals surface area contributed by atoms with Gasteiger partial charge in [0.2, 0.25) is 10.0 Å². The van der Waals surface area contributed by atoms with Gasteiger partial charge in [0.15, 0.2) is 0 Å². The van der Waals surface area contributed by atoms with E-state index in [4.69, 9.17) is 0 Å². The summed E-state index contributed by atoms with van der Waals surface area (Å²) in [6.07, 6.45) is 10.8. The van der Waals surface area contributed by atoms with Crippen molar-refractivity contribution in [1.82, 2.24) is 9.29 Å². The third kappa shape index (κ3) is 3.88. The fraction of sp³-hybridized carbons (Fsp3) is 0.375. The van der Waals surface area contributed by atoms with Crippen LogP contribution in [0.25, 0.3) is 21.8 Å². The third-order valence-corrected chi connectivity index (χ3v) is 10.6. The van der Waals surface area contributed by atoms with Crippen molar-refractivity contribution in [2.24, 2.45) is 5.92 Å². The van der Waals surface area contributed by atoms with E-state index in [1.54, 1.807) is 6.07 Å². The molecule has 0 saturated heterocycles. The Balaban J connectivity index is 1.25. The van der Waals surface area contributed by atoms with Crippen LogP contribution in [0.5, 0.6) is 0 Å². The number of hydrogen-bond acceptors (Lipinski definition) is 3. The number of rotatable bonds is 5. The van der Waals surface area contributed by atoms with Crippen molar-refractivity contribution >= 4 is 37.5 Å². The van der Waals surface area contributed by atoms with E-state index in [9.17, 15) is 8.42 Å². The molecule has 7 rings (SSSR count). The monoisotopic (exact) mass is 525 g/mol. The summed E-state index contributed by atoms with van der Waals surface area (Å²) in [4.78, 5) is 0.384. The van der Waals surface area contributed by atoms with E-state index < -0.39 is 10.0 Å². The van der Waals surface area contributed by atoms with E-state index in [0.29, 0.717) is 10.8 Å². The summed E-state index contributed by atoms with van der Waals surface area (Å²) in [7, 11) is -3.54. The van der Waals surface area contributed by atoms with Gasteiger partial charge in [0.25, 0.3) is 0 Å². The van der Waals surface area contributed by atoms with Crippen molar-refractivity contribution in [2.45, 2.75) is 74.9 Å². The predicted octanol–water partition coefficient (Wildman–Crippen LogP) is 7.25. The highest BCUT2D eigenvalue weighted by atomic mass is 32.2. The van der Waals surface area contributed by atoms with Crippen LogP contribution < -0.4 is 10.0 Å². The van der Waals surface area contributed by atoms with Crippen LogP contribution in [-0.2, 0) is 16.6 Å². The number of aromatic nitrogens is 1. The lowest BCUT2D eigenvalue weighted by Crippen LogP contribution is -2.36. The summed E-state index contributed by atoms with van der Waals surface area (Å²) in [6.45, 7) is 3.14. The van der Waals surface area contributed by atoms with E-state index in [2.05, 4.69) is 76.1 Å². The van der Waals surface area contributed by atoms with Gasteiger partial charge in [0, 0.05) is 46.0 Å². The molecule has 5 nitrogen and oxygen atoms in total. The van der Waals surface area contributed by atoms with E-state index in [1.807, 2.05) is 12.1 Å². The zero-order chi connectivity index (χ0) is 25.9. The maximum absolute atomic E-state index is 13.3. The fourth-order valence-corrected chi connectivity index (χ4v) is 8.52. The van der Waals surface area contributed by atoms with Crippen LogP contribution in [0.2, 0.25) is 0 Å². The van der Waals surface area contributed by atoms with Crippen LogP contribution in [0.1, 0.15) is 68.5 Å². The summed E-state index contributed by atoms with van der Waals surface area (Å²) in [5.41, 5.74) is 5.97. The first kappa shape index (κ1) is 24.0. The molecule has 4 aromatic rings. The minimum Gasteiger partial charge on any atom is -0.378 e. The van der Waals surface area contributed by atoms with Crippen LogP contribution in [0.3, 0.4) is 0 Å². The number of sulfonamides is 1. The van der Waals surface area contributed by atoms with Gasteiger partial charge in [0.1, 0.15) is 0 Å². The van der Waals surface area contributed by atoms with Gasteiger partial charge in [-0.15, -0.1) is 0 Å². The molecule has 1 aromatic heterocycles. The number of fused-ring (bicyclic) bond motifs is 6. The summed E-state index contributed by atoms with van der Waals surface area (Å²) < 4.78 is 31.9. The average molecular weight is 526 g/mol. The maximum atomic E-state index is 13.3. The smallest absolute Gasteiger partial charge is 0.240 e. The number of aryl methyl sites for hydroxylation is 1. The number of nitrogens with one attached hydrogen (secondary N) is 2. The molecule has 1 fully saturated rings. The average Bonchev–Trinajstić information content (AvgIpc) is 3.56. The number of allylic oxidation sites excluding steroid dienone is 2. The normalized spacial score (nSPS) is 23.4. The molecular formula is C32H35N3O2S. The molecule has 3 aliphatic rings. The summed E-state index contributed by atoms with van der Waals surface area (Å²) in [6, 6.07) is 21.5. The van der Waals surface area contributed by atoms with Crippen LogP contribution in [-0.4, -0.2) is 19.0 Å². The molecule has 38 heavy (non-hydrogen) atoms. The Kier molecular flexibility index (Phi) is 5.86. The molecule has 2 N–H and O–H groups in total. The molecular weight excluding hydrogens is 490 g/mol. The highest BCUT2D eigenvalue weighted by molar-refractivity contribution is 7.89. The first-order valence-corrected chi connectivity index (χ1v) is 15.6. The molecule has 2 heterocycles. The number of hydrogen-bond donors (Lipinski definition) is 2. The summed E-state index contributed by atoms with van der Waals surface area (Å²) in [5, 5.41) is 6.41. The largest absolute Gasteiger partial charge is 0.378 e. The molecule has 2 aliphatic carbocycles. The molecule has 1 aliphatic heterocycles. The Morgan fingerprint density at radius 3 is 2.61 bits per heavy atom. The zero-order valence-corrected chi connectivity index (χ0v) is 22.7. The molecule has 0 spiro atoms. The highest BCUT2D eigenvalue weighted by Gasteiger charge is 2.38. The van der Waals surface area contributed by atoms with E-state index in [-0.39, 0.29) is 18.0 Å². The van der Waals surface area contributed by atoms with Gasteiger partial charge in [-0.25, -0.2) is 13.1 Å². The van der Waals surface area contributed by atoms with Gasteiger partial charge in [-0.2, -0.15) is 0 Å². The second-order valence-corrected chi connectivity index (χ2v) is 12.9. The highest BCUT2D eigenvalue weighted by Crippen LogP contribution is 2.50. The molecule has 3 atom stereocenters. The van der Waals surface area contributed by atoms with Crippen LogP contribution >= 0.6 is 0 Å². The molecule has 0 amide bonds. The van der Waals surface area contributed by atoms with Crippen molar-refractivity contribution < 1.29 is 8.42 Å². The lowest BCUT2D eigenvalue weighted by Gasteiger charge is -2.38. The van der Waals surface area contributed by atoms with Gasteiger partial charge in [-0.1, -0.05) is 55.7 Å². The first-order chi connectivity index (χ1) is 18.5. The molecule has 196 valence electrons. The molecule has 6 heteroatoms. The zero-order valence-electron chi connectivity index (χ0n) is 21.9. The fourth-order valence-electron chi connectivity index (χ4n) is 7.18. The van der Waals surface area contributed by atoms with Gasteiger partial charge >= 0.3 is 0 Å². The minimum atomic E-state index is -3.54. The lowest BCUT2D eigenvalue weighted by atomic mass is 9.77. The SMILES string of the molecule is CCn1c2ccccc2c2cc(C3Nc4ccc(S(=O)(=O)NC5CCCCC5)cc4C4C=CCC43)ccc21. The number of nitrogens with zero attached hydrogens (tertiary/aromatic N) is 1. The maximum Gasteiger partial charge on any atom is 0.240 e. The lowest BCUT2D eigenvalue weighted by molar-refractivity contribution is 0.411. The molecule has 3 unspecified atom stereocenters. The minimum absolute atomic E-state index is 0.0555. The number of benzene rings is 3. The summed E-state index contributed by atoms with van der Waals surface area (Å²) in [5.74, 6) is 0.553. The van der Waals surface area contributed by atoms with Gasteiger partial charge in [0.05, 0.1) is 10.9 Å². The number of anilines is 1. The van der Waals surface area contributed by atoms with Crippen molar-refractivity contribution in [3.8, 4) is 0 Å². The predicted molar refractivity (Wildman–Crippen MR) is 155 cm³/mol. The van der Waals surface area contributed by atoms with E-state index >= 15 is 0 Å². The van der Waals surface area contributed by atoms with Crippen molar-refractivity contribution in [2.75, 3.05) is 5.32 Å². The Morgan fingerprint density at radius 1 is 0.947 bits per heavy atom. The Morgan fingerprint density at radius 2 is 1.76 bits per heavy atom. The second kappa shape index (κ2) is 9.28. The van der Waals surface area contributed by atoms with Gasteiger partial charge in [-0.3, -0.25) is 0 Å². The Labute approximate surface area is 225 Å². The van der Waals surface area contributed by atoms with Crippen LogP contribution in [0.4, 0.5) is 5.69 Å². The van der Waals surface area contributed by atoms with E-state index in [1.165, 1.54) is 33.8 Å². The van der Waals surface area contributed by atoms with Crippen LogP contribution in [0.15, 0.2) is 77.7 Å².